The van der Waals surface area contributed by atoms with Crippen LogP contribution in [0.25, 0.3) is 0 Å². The van der Waals surface area contributed by atoms with Gasteiger partial charge < -0.3 is 5.32 Å². The molecule has 0 aromatic heterocycles. The van der Waals surface area contributed by atoms with Crippen molar-refractivity contribution in [3.05, 3.63) is 58.6 Å². The maximum absolute atomic E-state index is 12.3. The summed E-state index contributed by atoms with van der Waals surface area (Å²) in [5, 5.41) is 3.34. The average molecular weight is 395 g/mol. The number of halogens is 1. The van der Waals surface area contributed by atoms with Crippen molar-refractivity contribution in [1.82, 2.24) is 0 Å². The molecule has 7 heteroatoms. The Labute approximate surface area is 160 Å². The molecule has 0 saturated carbocycles. The molecule has 0 aliphatic rings. The Balaban J connectivity index is 2.15. The fraction of sp³-hybridized carbons (Fsp3) is 0.316. The standard InChI is InChI=1S/C19H23ClN2O3S/c1-4-15-8-5-6-10-17(15)21-19(23)12-13-22(26(3,24)25)18-11-7-9-16(20)14(18)2/h5-11H,4,12-13H2,1-3H3,(H,21,23). The van der Waals surface area contributed by atoms with Gasteiger partial charge in [-0.15, -0.1) is 0 Å². The minimum atomic E-state index is -3.54. The monoisotopic (exact) mass is 394 g/mol. The normalized spacial score (nSPS) is 11.2. The number of aryl methyl sites for hydroxylation is 1. The summed E-state index contributed by atoms with van der Waals surface area (Å²) in [7, 11) is -3.54. The van der Waals surface area contributed by atoms with Crippen LogP contribution in [0.4, 0.5) is 11.4 Å². The second-order valence-corrected chi connectivity index (χ2v) is 8.34. The summed E-state index contributed by atoms with van der Waals surface area (Å²) in [5.41, 5.74) is 2.94. The van der Waals surface area contributed by atoms with Gasteiger partial charge >= 0.3 is 0 Å². The van der Waals surface area contributed by atoms with Crippen molar-refractivity contribution in [2.24, 2.45) is 0 Å². The number of sulfonamides is 1. The lowest BCUT2D eigenvalue weighted by atomic mass is 10.1. The molecule has 140 valence electrons. The van der Waals surface area contributed by atoms with Crippen molar-refractivity contribution < 1.29 is 13.2 Å². The number of benzene rings is 2. The van der Waals surface area contributed by atoms with Crippen LogP contribution in [0.2, 0.25) is 5.02 Å². The zero-order chi connectivity index (χ0) is 19.3. The van der Waals surface area contributed by atoms with E-state index in [1.807, 2.05) is 31.2 Å². The lowest BCUT2D eigenvalue weighted by Gasteiger charge is -2.24. The van der Waals surface area contributed by atoms with Gasteiger partial charge in [-0.25, -0.2) is 8.42 Å². The third-order valence-corrected chi connectivity index (χ3v) is 5.71. The molecule has 0 fully saturated rings. The zero-order valence-corrected chi connectivity index (χ0v) is 16.7. The first kappa shape index (κ1) is 20.3. The van der Waals surface area contributed by atoms with Crippen LogP contribution in [-0.4, -0.2) is 27.1 Å². The second kappa shape index (κ2) is 8.56. The highest BCUT2D eigenvalue weighted by atomic mass is 35.5. The highest BCUT2D eigenvalue weighted by Gasteiger charge is 2.21. The first-order valence-electron chi connectivity index (χ1n) is 8.34. The van der Waals surface area contributed by atoms with Gasteiger partial charge in [0.1, 0.15) is 0 Å². The second-order valence-electron chi connectivity index (χ2n) is 6.03. The predicted octanol–water partition coefficient (Wildman–Crippen LogP) is 4.01. The zero-order valence-electron chi connectivity index (χ0n) is 15.1. The van der Waals surface area contributed by atoms with E-state index >= 15 is 0 Å². The molecule has 0 heterocycles. The number of amides is 1. The number of rotatable bonds is 7. The maximum atomic E-state index is 12.3. The van der Waals surface area contributed by atoms with E-state index in [2.05, 4.69) is 5.32 Å². The molecule has 0 unspecified atom stereocenters. The van der Waals surface area contributed by atoms with Gasteiger partial charge in [-0.05, 0) is 42.7 Å². The summed E-state index contributed by atoms with van der Waals surface area (Å²) in [6, 6.07) is 12.6. The van der Waals surface area contributed by atoms with Crippen molar-refractivity contribution >= 4 is 38.9 Å². The Morgan fingerprint density at radius 2 is 1.85 bits per heavy atom. The molecule has 5 nitrogen and oxygen atoms in total. The van der Waals surface area contributed by atoms with E-state index in [1.54, 1.807) is 25.1 Å². The smallest absolute Gasteiger partial charge is 0.232 e. The molecule has 1 amide bonds. The molecule has 0 bridgehead atoms. The minimum Gasteiger partial charge on any atom is -0.326 e. The summed E-state index contributed by atoms with van der Waals surface area (Å²) < 4.78 is 25.7. The van der Waals surface area contributed by atoms with E-state index < -0.39 is 10.0 Å². The van der Waals surface area contributed by atoms with Crippen molar-refractivity contribution in [3.63, 3.8) is 0 Å². The molecule has 0 spiro atoms. The van der Waals surface area contributed by atoms with Crippen LogP contribution in [0.1, 0.15) is 24.5 Å². The quantitative estimate of drug-likeness (QED) is 0.771. The summed E-state index contributed by atoms with van der Waals surface area (Å²) in [4.78, 5) is 12.3. The van der Waals surface area contributed by atoms with Gasteiger partial charge in [-0.3, -0.25) is 9.10 Å². The molecule has 0 aliphatic carbocycles. The lowest BCUT2D eigenvalue weighted by Crippen LogP contribution is -2.33. The molecule has 0 atom stereocenters. The number of hydrogen-bond acceptors (Lipinski definition) is 3. The van der Waals surface area contributed by atoms with Crippen molar-refractivity contribution in [2.45, 2.75) is 26.7 Å². The Kier molecular flexibility index (Phi) is 6.67. The van der Waals surface area contributed by atoms with Crippen molar-refractivity contribution in [1.29, 1.82) is 0 Å². The lowest BCUT2D eigenvalue weighted by molar-refractivity contribution is -0.116. The maximum Gasteiger partial charge on any atom is 0.232 e. The molecule has 2 aromatic carbocycles. The molecule has 2 aromatic rings. The molecular formula is C19H23ClN2O3S. The van der Waals surface area contributed by atoms with Crippen LogP contribution >= 0.6 is 11.6 Å². The Hall–Kier alpha value is -2.05. The van der Waals surface area contributed by atoms with E-state index in [4.69, 9.17) is 11.6 Å². The summed E-state index contributed by atoms with van der Waals surface area (Å²) in [6.45, 7) is 3.81. The number of anilines is 2. The van der Waals surface area contributed by atoms with Gasteiger partial charge in [0.05, 0.1) is 11.9 Å². The van der Waals surface area contributed by atoms with Gasteiger partial charge in [0.2, 0.25) is 15.9 Å². The van der Waals surface area contributed by atoms with Gasteiger partial charge in [0, 0.05) is 23.7 Å². The molecule has 0 aliphatic heterocycles. The van der Waals surface area contributed by atoms with Crippen LogP contribution in [0, 0.1) is 6.92 Å². The number of carbonyl (C=O) groups excluding carboxylic acids is 1. The van der Waals surface area contributed by atoms with Crippen LogP contribution in [0.15, 0.2) is 42.5 Å². The summed E-state index contributed by atoms with van der Waals surface area (Å²) >= 11 is 6.11. The molecular weight excluding hydrogens is 372 g/mol. The van der Waals surface area contributed by atoms with E-state index in [-0.39, 0.29) is 18.9 Å². The van der Waals surface area contributed by atoms with Crippen molar-refractivity contribution in [3.8, 4) is 0 Å². The topological polar surface area (TPSA) is 66.5 Å². The summed E-state index contributed by atoms with van der Waals surface area (Å²) in [6.07, 6.45) is 1.96. The van der Waals surface area contributed by atoms with E-state index in [0.717, 1.165) is 23.9 Å². The largest absolute Gasteiger partial charge is 0.326 e. The van der Waals surface area contributed by atoms with Gasteiger partial charge in [0.25, 0.3) is 0 Å². The van der Waals surface area contributed by atoms with E-state index in [1.165, 1.54) is 4.31 Å². The van der Waals surface area contributed by atoms with Crippen molar-refractivity contribution in [2.75, 3.05) is 22.4 Å². The van der Waals surface area contributed by atoms with Gasteiger partial charge in [0.15, 0.2) is 0 Å². The predicted molar refractivity (Wildman–Crippen MR) is 107 cm³/mol. The molecule has 2 rings (SSSR count). The van der Waals surface area contributed by atoms with Crippen LogP contribution in [-0.2, 0) is 21.2 Å². The first-order chi connectivity index (χ1) is 12.2. The average Bonchev–Trinajstić information content (AvgIpc) is 2.58. The summed E-state index contributed by atoms with van der Waals surface area (Å²) in [5.74, 6) is -0.237. The van der Waals surface area contributed by atoms with Crippen LogP contribution in [0.5, 0.6) is 0 Å². The first-order valence-corrected chi connectivity index (χ1v) is 10.6. The molecule has 0 radical (unpaired) electrons. The van der Waals surface area contributed by atoms with Crippen LogP contribution < -0.4 is 9.62 Å². The highest BCUT2D eigenvalue weighted by molar-refractivity contribution is 7.92. The van der Waals surface area contributed by atoms with E-state index in [9.17, 15) is 13.2 Å². The van der Waals surface area contributed by atoms with E-state index in [0.29, 0.717) is 16.3 Å². The fourth-order valence-electron chi connectivity index (χ4n) is 2.70. The number of carbonyl (C=O) groups is 1. The Morgan fingerprint density at radius 3 is 2.50 bits per heavy atom. The molecule has 1 N–H and O–H groups in total. The number of hydrogen-bond donors (Lipinski definition) is 1. The Bertz CT molecular complexity index is 897. The SMILES string of the molecule is CCc1ccccc1NC(=O)CCN(c1cccc(Cl)c1C)S(C)(=O)=O. The fourth-order valence-corrected chi connectivity index (χ4v) is 3.85. The highest BCUT2D eigenvalue weighted by Crippen LogP contribution is 2.28. The molecule has 26 heavy (non-hydrogen) atoms. The Morgan fingerprint density at radius 1 is 1.15 bits per heavy atom. The third kappa shape index (κ3) is 4.99. The number of para-hydroxylation sites is 1. The third-order valence-electron chi connectivity index (χ3n) is 4.12. The number of nitrogens with zero attached hydrogens (tertiary/aromatic N) is 1. The van der Waals surface area contributed by atoms with Gasteiger partial charge in [-0.1, -0.05) is 42.8 Å². The van der Waals surface area contributed by atoms with Gasteiger partial charge in [-0.2, -0.15) is 0 Å². The van der Waals surface area contributed by atoms with Crippen LogP contribution in [0.3, 0.4) is 0 Å². The minimum absolute atomic E-state index is 0.0388. The number of nitrogens with one attached hydrogen (secondary N) is 1. The molecule has 0 saturated heterocycles.